The summed E-state index contributed by atoms with van der Waals surface area (Å²) in [6.07, 6.45) is -0.301. The smallest absolute Gasteiger partial charge is 0.337 e. The number of β-amino-alcohol motifs (C(OH)–C–C–N with tert-alkyl or cyclic N) is 1. The number of methoxy groups -OCH3 is 2. The summed E-state index contributed by atoms with van der Waals surface area (Å²) >= 11 is 1.56. The maximum absolute atomic E-state index is 14.0. The summed E-state index contributed by atoms with van der Waals surface area (Å²) in [6, 6.07) is 15.9. The average Bonchev–Trinajstić information content (AvgIpc) is 3.91. The van der Waals surface area contributed by atoms with Crippen molar-refractivity contribution in [1.82, 2.24) is 36.2 Å². The molecule has 6 rings (SSSR count). The number of nitrogens with one attached hydrogen (secondary N) is 4. The van der Waals surface area contributed by atoms with E-state index in [1.807, 2.05) is 71.0 Å². The monoisotopic (exact) mass is 954 g/mol. The van der Waals surface area contributed by atoms with Crippen molar-refractivity contribution in [3.8, 4) is 21.9 Å². The number of nitrogens with zero attached hydrogens (tertiary/aromatic N) is 4. The molecule has 18 nitrogen and oxygen atoms in total. The quantitative estimate of drug-likeness (QED) is 0.0896. The second kappa shape index (κ2) is 23.1. The van der Waals surface area contributed by atoms with Gasteiger partial charge in [-0.25, -0.2) is 14.8 Å². The van der Waals surface area contributed by atoms with E-state index in [0.29, 0.717) is 34.8 Å². The van der Waals surface area contributed by atoms with Gasteiger partial charge in [0.25, 0.3) is 5.91 Å². The van der Waals surface area contributed by atoms with Gasteiger partial charge in [0.15, 0.2) is 11.5 Å². The van der Waals surface area contributed by atoms with Gasteiger partial charge in [0.2, 0.25) is 17.7 Å². The summed E-state index contributed by atoms with van der Waals surface area (Å²) in [7, 11) is 4.67. The number of aromatic nitrogens is 1. The number of hydrazone groups is 1. The van der Waals surface area contributed by atoms with Crippen LogP contribution in [0.2, 0.25) is 0 Å². The molecule has 19 heteroatoms. The zero-order valence-corrected chi connectivity index (χ0v) is 40.7. The minimum Gasteiger partial charge on any atom is -0.493 e. The first-order valence-corrected chi connectivity index (χ1v) is 23.3. The molecule has 364 valence electrons. The highest BCUT2D eigenvalue weighted by molar-refractivity contribution is 7.13. The van der Waals surface area contributed by atoms with Crippen LogP contribution in [0.25, 0.3) is 10.4 Å². The van der Waals surface area contributed by atoms with Gasteiger partial charge < -0.3 is 50.2 Å². The largest absolute Gasteiger partial charge is 0.493 e. The normalized spacial score (nSPS) is 17.3. The van der Waals surface area contributed by atoms with E-state index in [-0.39, 0.29) is 70.5 Å². The number of benzene rings is 3. The second-order valence-electron chi connectivity index (χ2n) is 17.7. The van der Waals surface area contributed by atoms with Crippen LogP contribution in [0.1, 0.15) is 72.4 Å². The average molecular weight is 955 g/mol. The van der Waals surface area contributed by atoms with Gasteiger partial charge in [-0.3, -0.25) is 19.2 Å². The predicted octanol–water partition coefficient (Wildman–Crippen LogP) is 4.05. The maximum atomic E-state index is 14.0. The van der Waals surface area contributed by atoms with Crippen LogP contribution < -0.4 is 30.7 Å². The minimum absolute atomic E-state index is 0.0404. The number of urea groups is 1. The molecule has 0 saturated carbocycles. The number of fused-ring (bicyclic) bond motifs is 1. The Morgan fingerprint density at radius 1 is 0.912 bits per heavy atom. The fourth-order valence-electron chi connectivity index (χ4n) is 8.03. The second-order valence-corrected chi connectivity index (χ2v) is 18.6. The van der Waals surface area contributed by atoms with E-state index in [1.165, 1.54) is 9.91 Å². The van der Waals surface area contributed by atoms with Crippen molar-refractivity contribution in [1.29, 1.82) is 0 Å². The first-order valence-electron chi connectivity index (χ1n) is 22.5. The van der Waals surface area contributed by atoms with Crippen molar-refractivity contribution >= 4 is 46.7 Å². The highest BCUT2D eigenvalue weighted by Crippen LogP contribution is 2.35. The van der Waals surface area contributed by atoms with Gasteiger partial charge in [-0.1, -0.05) is 57.2 Å². The number of aliphatic hydroxyl groups excluding tert-OH is 1. The Bertz CT molecular complexity index is 2450. The van der Waals surface area contributed by atoms with Crippen molar-refractivity contribution in [3.63, 3.8) is 0 Å². The van der Waals surface area contributed by atoms with E-state index in [0.717, 1.165) is 32.8 Å². The Kier molecular flexibility index (Phi) is 17.3. The van der Waals surface area contributed by atoms with Crippen LogP contribution in [0.15, 0.2) is 71.3 Å². The lowest BCUT2D eigenvalue weighted by Gasteiger charge is -2.35. The number of rotatable bonds is 18. The molecule has 0 radical (unpaired) electrons. The van der Waals surface area contributed by atoms with E-state index in [2.05, 4.69) is 26.3 Å². The van der Waals surface area contributed by atoms with Crippen LogP contribution >= 0.6 is 11.3 Å². The maximum Gasteiger partial charge on any atom is 0.337 e. The standard InChI is InChI=1S/C49H62N8O10S/c1-29-21-35-22-39(64-7)40(65-8)24-37(35)42(55-57(29)48(63)50-6)32-13-15-34(16-14-32)45(60)51-17-18-66-19-20-67-27-41(59)54-44(49(3,4)5)47(62)56-26-36(58)23-38(56)46(61)52-25-31-9-11-33(12-10-31)43-30(2)53-28-68-43/h9-16,22,24,28-29,36,38,44,58H,17-21,23,25-27H2,1-8H3,(H,50,63)(H,51,60)(H,52,61)(H,54,59)/t29-,36+,38-,44?/m0/s1. The lowest BCUT2D eigenvalue weighted by atomic mass is 9.85. The van der Waals surface area contributed by atoms with Gasteiger partial charge in [0.1, 0.15) is 18.7 Å². The third-order valence-electron chi connectivity index (χ3n) is 11.7. The van der Waals surface area contributed by atoms with Gasteiger partial charge in [0.05, 0.1) is 68.0 Å². The number of amides is 6. The molecule has 5 N–H and O–H groups in total. The summed E-state index contributed by atoms with van der Waals surface area (Å²) in [6.45, 7) is 9.77. The highest BCUT2D eigenvalue weighted by Gasteiger charge is 2.44. The van der Waals surface area contributed by atoms with Crippen molar-refractivity contribution in [2.45, 2.75) is 78.2 Å². The predicted molar refractivity (Wildman–Crippen MR) is 257 cm³/mol. The number of aliphatic hydroxyl groups is 1. The number of ether oxygens (including phenoxy) is 4. The number of thiazole rings is 1. The molecule has 1 fully saturated rings. The number of carbonyl (C=O) groups is 5. The Morgan fingerprint density at radius 2 is 1.59 bits per heavy atom. The third kappa shape index (κ3) is 12.6. The van der Waals surface area contributed by atoms with Crippen molar-refractivity contribution < 1.29 is 48.0 Å². The summed E-state index contributed by atoms with van der Waals surface area (Å²) in [5.41, 5.74) is 7.27. The van der Waals surface area contributed by atoms with Crippen LogP contribution in [0.3, 0.4) is 0 Å². The molecular weight excluding hydrogens is 893 g/mol. The van der Waals surface area contributed by atoms with Crippen LogP contribution in [0.4, 0.5) is 4.79 Å². The highest BCUT2D eigenvalue weighted by atomic mass is 32.1. The van der Waals surface area contributed by atoms with Crippen LogP contribution in [0, 0.1) is 12.3 Å². The third-order valence-corrected chi connectivity index (χ3v) is 12.7. The lowest BCUT2D eigenvalue weighted by molar-refractivity contribution is -0.144. The van der Waals surface area contributed by atoms with Crippen molar-refractivity contribution in [3.05, 3.63) is 99.7 Å². The van der Waals surface area contributed by atoms with Gasteiger partial charge in [-0.15, -0.1) is 11.3 Å². The Balaban J connectivity index is 0.936. The molecule has 1 saturated heterocycles. The molecule has 0 bridgehead atoms. The Morgan fingerprint density at radius 3 is 2.24 bits per heavy atom. The summed E-state index contributed by atoms with van der Waals surface area (Å²) in [5.74, 6) is -0.622. The SMILES string of the molecule is CNC(=O)N1N=C(c2ccc(C(=O)NCCOCCOCC(=O)NC(C(=O)N3C[C@H](O)C[C@H]3C(=O)NCc3ccc(-c4scnc4C)cc3)C(C)(C)C)cc2)c2cc(OC)c(OC)cc2C[C@@H]1C. The number of carbonyl (C=O) groups excluding carboxylic acids is 5. The molecule has 3 heterocycles. The van der Waals surface area contributed by atoms with Crippen molar-refractivity contribution in [2.75, 3.05) is 60.8 Å². The molecule has 4 atom stereocenters. The van der Waals surface area contributed by atoms with E-state index in [1.54, 1.807) is 62.4 Å². The van der Waals surface area contributed by atoms with Crippen molar-refractivity contribution in [2.24, 2.45) is 10.5 Å². The molecule has 2 aliphatic rings. The summed E-state index contributed by atoms with van der Waals surface area (Å²) in [5, 5.41) is 27.9. The van der Waals surface area contributed by atoms with Gasteiger partial charge in [-0.05, 0) is 66.6 Å². The Hall–Kier alpha value is -6.41. The zero-order chi connectivity index (χ0) is 49.1. The number of hydrogen-bond donors (Lipinski definition) is 5. The number of likely N-dealkylation sites (tertiary alicyclic amines) is 1. The first kappa shape index (κ1) is 51.0. The van der Waals surface area contributed by atoms with E-state index in [4.69, 9.17) is 24.0 Å². The Labute approximate surface area is 400 Å². The van der Waals surface area contributed by atoms with Crippen LogP contribution in [-0.2, 0) is 36.8 Å². The van der Waals surface area contributed by atoms with Gasteiger partial charge >= 0.3 is 6.03 Å². The van der Waals surface area contributed by atoms with Crippen LogP contribution in [-0.4, -0.2) is 140 Å². The molecule has 6 amide bonds. The van der Waals surface area contributed by atoms with Crippen LogP contribution in [0.5, 0.6) is 11.5 Å². The van der Waals surface area contributed by atoms with Gasteiger partial charge in [0, 0.05) is 49.8 Å². The molecule has 1 aromatic heterocycles. The van der Waals surface area contributed by atoms with E-state index >= 15 is 0 Å². The molecule has 0 spiro atoms. The molecule has 0 aliphatic carbocycles. The van der Waals surface area contributed by atoms with E-state index < -0.39 is 41.3 Å². The lowest BCUT2D eigenvalue weighted by Crippen LogP contribution is -2.58. The fraction of sp³-hybridized carbons (Fsp3) is 0.449. The topological polar surface area (TPSA) is 222 Å². The molecule has 3 aromatic carbocycles. The first-order chi connectivity index (χ1) is 32.5. The summed E-state index contributed by atoms with van der Waals surface area (Å²) in [4.78, 5) is 73.1. The molecule has 68 heavy (non-hydrogen) atoms. The molecule has 2 aliphatic heterocycles. The number of hydrogen-bond acceptors (Lipinski definition) is 13. The fourth-order valence-corrected chi connectivity index (χ4v) is 8.85. The molecule has 1 unspecified atom stereocenters. The minimum atomic E-state index is -1.00. The summed E-state index contributed by atoms with van der Waals surface area (Å²) < 4.78 is 22.3. The van der Waals surface area contributed by atoms with E-state index in [9.17, 15) is 29.1 Å². The zero-order valence-electron chi connectivity index (χ0n) is 39.8. The van der Waals surface area contributed by atoms with Gasteiger partial charge in [-0.2, -0.15) is 5.10 Å². The number of aryl methyl sites for hydroxylation is 1. The molecule has 4 aromatic rings. The molecular formula is C49H62N8O10S.